The lowest BCUT2D eigenvalue weighted by molar-refractivity contribution is 0.0833. The van der Waals surface area contributed by atoms with Crippen LogP contribution >= 0.6 is 11.3 Å². The lowest BCUT2D eigenvalue weighted by Crippen LogP contribution is -2.22. The maximum Gasteiger partial charge on any atom is 0.265 e. The van der Waals surface area contributed by atoms with Crippen LogP contribution in [0.5, 0.6) is 0 Å². The summed E-state index contributed by atoms with van der Waals surface area (Å²) in [5, 5.41) is 3.78. The number of nitrogen functional groups attached to an aromatic ring is 1. The Morgan fingerprint density at radius 3 is 2.53 bits per heavy atom. The normalized spacial score (nSPS) is 14.2. The molecule has 1 heterocycles. The molecule has 6 nitrogen and oxygen atoms in total. The molecule has 0 saturated heterocycles. The lowest BCUT2D eigenvalue weighted by Gasteiger charge is -2.08. The predicted octanol–water partition coefficient (Wildman–Crippen LogP) is 0.953. The fourth-order valence-corrected chi connectivity index (χ4v) is 2.89. The number of rotatable bonds is 5. The Labute approximate surface area is 115 Å². The number of nitrogens with two attached hydrogens (primary N) is 2. The molecule has 2 amide bonds. The summed E-state index contributed by atoms with van der Waals surface area (Å²) in [5.74, 6) is -0.175. The molecule has 2 rings (SSSR count). The van der Waals surface area contributed by atoms with E-state index in [0.717, 1.165) is 6.54 Å². The van der Waals surface area contributed by atoms with Crippen LogP contribution in [-0.4, -0.2) is 37.4 Å². The maximum absolute atomic E-state index is 12.0. The first-order valence-corrected chi connectivity index (χ1v) is 6.91. The molecule has 0 spiro atoms. The summed E-state index contributed by atoms with van der Waals surface area (Å²) >= 11 is 1.19. The predicted molar refractivity (Wildman–Crippen MR) is 76.5 cm³/mol. The summed E-state index contributed by atoms with van der Waals surface area (Å²) < 4.78 is 0. The van der Waals surface area contributed by atoms with E-state index < -0.39 is 5.91 Å². The fourth-order valence-electron chi connectivity index (χ4n) is 1.73. The molecule has 0 radical (unpaired) electrons. The third kappa shape index (κ3) is 2.81. The van der Waals surface area contributed by atoms with Gasteiger partial charge in [-0.15, -0.1) is 11.3 Å². The van der Waals surface area contributed by atoms with Gasteiger partial charge in [-0.05, 0) is 18.8 Å². The molecule has 104 valence electrons. The summed E-state index contributed by atoms with van der Waals surface area (Å²) in [5.41, 5.74) is 11.6. The van der Waals surface area contributed by atoms with Crippen molar-refractivity contribution in [2.45, 2.75) is 12.8 Å². The largest absolute Gasteiger partial charge is 0.397 e. The van der Waals surface area contributed by atoms with Gasteiger partial charge >= 0.3 is 0 Å². The molecule has 5 N–H and O–H groups in total. The van der Waals surface area contributed by atoms with Gasteiger partial charge in [-0.2, -0.15) is 0 Å². The fraction of sp³-hybridized carbons (Fsp3) is 0.500. The monoisotopic (exact) mass is 282 g/mol. The molecule has 0 atom stereocenters. The minimum Gasteiger partial charge on any atom is -0.397 e. The van der Waals surface area contributed by atoms with Crippen molar-refractivity contribution in [1.82, 2.24) is 4.90 Å². The number of carbonyl (C=O) groups excluding carboxylic acids is 2. The zero-order chi connectivity index (χ0) is 14.2. The van der Waals surface area contributed by atoms with Gasteiger partial charge in [-0.25, -0.2) is 0 Å². The first-order valence-electron chi connectivity index (χ1n) is 6.09. The van der Waals surface area contributed by atoms with E-state index in [0.29, 0.717) is 15.8 Å². The van der Waals surface area contributed by atoms with Crippen LogP contribution in [0.25, 0.3) is 0 Å². The van der Waals surface area contributed by atoms with E-state index in [1.54, 1.807) is 14.1 Å². The molecule has 1 fully saturated rings. The highest BCUT2D eigenvalue weighted by Gasteiger charge is 2.27. The van der Waals surface area contributed by atoms with Crippen LogP contribution in [-0.2, 0) is 0 Å². The average Bonchev–Trinajstić information content (AvgIpc) is 3.09. The van der Waals surface area contributed by atoms with Gasteiger partial charge in [0.2, 0.25) is 0 Å². The summed E-state index contributed by atoms with van der Waals surface area (Å²) in [6.07, 6.45) is 2.40. The van der Waals surface area contributed by atoms with Gasteiger partial charge in [0.05, 0.1) is 11.3 Å². The van der Waals surface area contributed by atoms with E-state index in [1.807, 2.05) is 0 Å². The molecule has 1 aromatic rings. The highest BCUT2D eigenvalue weighted by molar-refractivity contribution is 7.19. The van der Waals surface area contributed by atoms with Crippen molar-refractivity contribution in [3.63, 3.8) is 0 Å². The van der Waals surface area contributed by atoms with Crippen molar-refractivity contribution in [1.29, 1.82) is 0 Å². The third-order valence-electron chi connectivity index (χ3n) is 3.04. The number of nitrogens with zero attached hydrogens (tertiary/aromatic N) is 1. The van der Waals surface area contributed by atoms with Crippen LogP contribution in [0.4, 0.5) is 10.7 Å². The molecule has 1 aliphatic carbocycles. The van der Waals surface area contributed by atoms with Crippen molar-refractivity contribution in [2.24, 2.45) is 11.7 Å². The molecule has 19 heavy (non-hydrogen) atoms. The van der Waals surface area contributed by atoms with E-state index in [2.05, 4.69) is 5.32 Å². The number of carbonyl (C=O) groups is 2. The van der Waals surface area contributed by atoms with Crippen LogP contribution in [0, 0.1) is 5.92 Å². The van der Waals surface area contributed by atoms with E-state index in [-0.39, 0.29) is 17.2 Å². The topological polar surface area (TPSA) is 101 Å². The van der Waals surface area contributed by atoms with Crippen LogP contribution in [0.1, 0.15) is 32.9 Å². The zero-order valence-corrected chi connectivity index (χ0v) is 11.8. The van der Waals surface area contributed by atoms with Gasteiger partial charge in [0.25, 0.3) is 11.8 Å². The summed E-state index contributed by atoms with van der Waals surface area (Å²) in [4.78, 5) is 25.3. The van der Waals surface area contributed by atoms with Crippen LogP contribution in [0.15, 0.2) is 0 Å². The standard InChI is InChI=1S/C12H18N4O2S/c1-16(2)12(18)9-8(13)7(10(14)17)11(19-9)15-5-6-3-4-6/h6,15H,3-5,13H2,1-2H3,(H2,14,17). The Bertz CT molecular complexity index is 520. The minimum absolute atomic E-state index is 0.175. The molecule has 0 aromatic carbocycles. The van der Waals surface area contributed by atoms with Gasteiger partial charge in [-0.3, -0.25) is 9.59 Å². The number of hydrogen-bond acceptors (Lipinski definition) is 5. The van der Waals surface area contributed by atoms with Crippen molar-refractivity contribution >= 4 is 33.8 Å². The molecule has 0 unspecified atom stereocenters. The number of amides is 2. The van der Waals surface area contributed by atoms with Crippen molar-refractivity contribution in [3.8, 4) is 0 Å². The second-order valence-electron chi connectivity index (χ2n) is 4.94. The first-order chi connectivity index (χ1) is 8.91. The SMILES string of the molecule is CN(C)C(=O)c1sc(NCC2CC2)c(C(N)=O)c1N. The van der Waals surface area contributed by atoms with E-state index in [9.17, 15) is 9.59 Å². The van der Waals surface area contributed by atoms with E-state index >= 15 is 0 Å². The lowest BCUT2D eigenvalue weighted by atomic mass is 10.2. The second-order valence-corrected chi connectivity index (χ2v) is 5.96. The number of thiophene rings is 1. The van der Waals surface area contributed by atoms with Crippen molar-refractivity contribution < 1.29 is 9.59 Å². The first kappa shape index (κ1) is 13.7. The maximum atomic E-state index is 12.0. The Morgan fingerprint density at radius 1 is 1.42 bits per heavy atom. The van der Waals surface area contributed by atoms with Gasteiger partial charge in [0, 0.05) is 20.6 Å². The molecule has 1 aromatic heterocycles. The molecule has 1 aliphatic rings. The van der Waals surface area contributed by atoms with Crippen LogP contribution in [0.3, 0.4) is 0 Å². The highest BCUT2D eigenvalue weighted by Crippen LogP contribution is 2.37. The Morgan fingerprint density at radius 2 is 2.05 bits per heavy atom. The zero-order valence-electron chi connectivity index (χ0n) is 11.0. The number of primary amides is 1. The smallest absolute Gasteiger partial charge is 0.265 e. The quantitative estimate of drug-likeness (QED) is 0.748. The third-order valence-corrected chi connectivity index (χ3v) is 4.19. The Kier molecular flexibility index (Phi) is 3.66. The minimum atomic E-state index is -0.607. The van der Waals surface area contributed by atoms with Crippen molar-refractivity contribution in [2.75, 3.05) is 31.7 Å². The van der Waals surface area contributed by atoms with Gasteiger partial charge in [0.15, 0.2) is 0 Å². The molecule has 7 heteroatoms. The number of anilines is 2. The molecule has 0 bridgehead atoms. The van der Waals surface area contributed by atoms with E-state index in [1.165, 1.54) is 29.1 Å². The number of hydrogen-bond donors (Lipinski definition) is 3. The molecule has 1 saturated carbocycles. The molecule has 0 aliphatic heterocycles. The summed E-state index contributed by atoms with van der Waals surface area (Å²) in [7, 11) is 3.28. The highest BCUT2D eigenvalue weighted by atomic mass is 32.1. The van der Waals surface area contributed by atoms with Crippen molar-refractivity contribution in [3.05, 3.63) is 10.4 Å². The summed E-state index contributed by atoms with van der Waals surface area (Å²) in [6, 6.07) is 0. The van der Waals surface area contributed by atoms with Gasteiger partial charge in [0.1, 0.15) is 9.88 Å². The van der Waals surface area contributed by atoms with Crippen LogP contribution in [0.2, 0.25) is 0 Å². The van der Waals surface area contributed by atoms with Gasteiger partial charge < -0.3 is 21.7 Å². The average molecular weight is 282 g/mol. The summed E-state index contributed by atoms with van der Waals surface area (Å²) in [6.45, 7) is 0.788. The molecular weight excluding hydrogens is 264 g/mol. The number of nitrogens with one attached hydrogen (secondary N) is 1. The Balaban J connectivity index is 2.31. The Hall–Kier alpha value is -1.76. The molecular formula is C12H18N4O2S. The van der Waals surface area contributed by atoms with Crippen LogP contribution < -0.4 is 16.8 Å². The van der Waals surface area contributed by atoms with Gasteiger partial charge in [-0.1, -0.05) is 0 Å². The second kappa shape index (κ2) is 5.08. The van der Waals surface area contributed by atoms with E-state index in [4.69, 9.17) is 11.5 Å².